The molecule has 0 saturated carbocycles. The van der Waals surface area contributed by atoms with Crippen molar-refractivity contribution >= 4 is 0 Å². The van der Waals surface area contributed by atoms with Crippen molar-refractivity contribution < 1.29 is 9.47 Å². The minimum Gasteiger partial charge on any atom is -0.497 e. The lowest BCUT2D eigenvalue weighted by molar-refractivity contribution is 0.226. The molecule has 0 aromatic heterocycles. The van der Waals surface area contributed by atoms with Gasteiger partial charge in [-0.15, -0.1) is 0 Å². The molecular formula is C21H23NO2. The lowest BCUT2D eigenvalue weighted by atomic mass is 9.76. The number of hydrogen-bond donors (Lipinski definition) is 0. The number of hydrogen-bond acceptors (Lipinski definition) is 3. The number of likely N-dealkylation sites (N-methyl/N-ethyl adjacent to an activating group) is 1. The molecule has 0 bridgehead atoms. The van der Waals surface area contributed by atoms with Crippen LogP contribution in [0.3, 0.4) is 0 Å². The molecule has 2 atom stereocenters. The van der Waals surface area contributed by atoms with Crippen molar-refractivity contribution in [2.24, 2.45) is 0 Å². The molecule has 5 rings (SSSR count). The van der Waals surface area contributed by atoms with Gasteiger partial charge < -0.3 is 9.47 Å². The van der Waals surface area contributed by atoms with Gasteiger partial charge in [0, 0.05) is 24.6 Å². The fourth-order valence-electron chi connectivity index (χ4n) is 4.73. The van der Waals surface area contributed by atoms with Crippen LogP contribution in [0.15, 0.2) is 24.3 Å². The first-order valence-electron chi connectivity index (χ1n) is 8.88. The number of ether oxygens (including phenoxy) is 2. The van der Waals surface area contributed by atoms with Crippen LogP contribution in [-0.4, -0.2) is 31.7 Å². The van der Waals surface area contributed by atoms with Crippen molar-refractivity contribution in [3.8, 4) is 22.6 Å². The van der Waals surface area contributed by atoms with E-state index in [1.807, 2.05) is 0 Å². The van der Waals surface area contributed by atoms with Crippen LogP contribution < -0.4 is 9.47 Å². The number of methoxy groups -OCH3 is 1. The normalized spacial score (nSPS) is 24.0. The SMILES string of the molecule is COc1cc2c3c(c1)-c1c(ccc4c1OC(C)C4)C[C@H]3N(C)CC2. The molecule has 1 aliphatic carbocycles. The maximum absolute atomic E-state index is 6.23. The minimum absolute atomic E-state index is 0.272. The van der Waals surface area contributed by atoms with Crippen molar-refractivity contribution in [3.05, 3.63) is 46.5 Å². The summed E-state index contributed by atoms with van der Waals surface area (Å²) >= 11 is 0. The van der Waals surface area contributed by atoms with Crippen LogP contribution in [0.4, 0.5) is 0 Å². The van der Waals surface area contributed by atoms with Crippen LogP contribution in [0.1, 0.15) is 35.2 Å². The Morgan fingerprint density at radius 1 is 1.12 bits per heavy atom. The highest BCUT2D eigenvalue weighted by Crippen LogP contribution is 2.51. The van der Waals surface area contributed by atoms with E-state index in [0.717, 1.165) is 37.3 Å². The molecule has 0 N–H and O–H groups in total. The smallest absolute Gasteiger partial charge is 0.131 e. The van der Waals surface area contributed by atoms with Crippen molar-refractivity contribution in [3.63, 3.8) is 0 Å². The van der Waals surface area contributed by atoms with Gasteiger partial charge in [0.1, 0.15) is 17.6 Å². The third-order valence-electron chi connectivity index (χ3n) is 5.91. The first kappa shape index (κ1) is 14.4. The largest absolute Gasteiger partial charge is 0.497 e. The van der Waals surface area contributed by atoms with Crippen LogP contribution >= 0.6 is 0 Å². The zero-order valence-corrected chi connectivity index (χ0v) is 14.6. The Balaban J connectivity index is 1.81. The Kier molecular flexibility index (Phi) is 2.99. The monoisotopic (exact) mass is 321 g/mol. The highest BCUT2D eigenvalue weighted by Gasteiger charge is 2.36. The molecule has 3 nitrogen and oxygen atoms in total. The minimum atomic E-state index is 0.272. The van der Waals surface area contributed by atoms with Gasteiger partial charge in [-0.25, -0.2) is 0 Å². The van der Waals surface area contributed by atoms with Gasteiger partial charge in [0.25, 0.3) is 0 Å². The summed E-state index contributed by atoms with van der Waals surface area (Å²) in [6.45, 7) is 3.27. The topological polar surface area (TPSA) is 21.7 Å². The molecule has 0 radical (unpaired) electrons. The Morgan fingerprint density at radius 3 is 2.79 bits per heavy atom. The van der Waals surface area contributed by atoms with Gasteiger partial charge in [0.15, 0.2) is 0 Å². The molecule has 124 valence electrons. The zero-order chi connectivity index (χ0) is 16.4. The Hall–Kier alpha value is -2.00. The number of nitrogens with zero attached hydrogens (tertiary/aromatic N) is 1. The van der Waals surface area contributed by atoms with Crippen LogP contribution in [0.25, 0.3) is 11.1 Å². The molecule has 0 spiro atoms. The Bertz CT molecular complexity index is 842. The summed E-state index contributed by atoms with van der Waals surface area (Å²) in [6, 6.07) is 9.51. The first-order chi connectivity index (χ1) is 11.7. The Morgan fingerprint density at radius 2 is 1.96 bits per heavy atom. The third-order valence-corrected chi connectivity index (χ3v) is 5.91. The van der Waals surface area contributed by atoms with Gasteiger partial charge in [-0.1, -0.05) is 12.1 Å². The zero-order valence-electron chi connectivity index (χ0n) is 14.6. The fourth-order valence-corrected chi connectivity index (χ4v) is 4.73. The van der Waals surface area contributed by atoms with E-state index >= 15 is 0 Å². The molecule has 1 unspecified atom stereocenters. The summed E-state index contributed by atoms with van der Waals surface area (Å²) in [7, 11) is 4.01. The van der Waals surface area contributed by atoms with E-state index in [1.54, 1.807) is 7.11 Å². The maximum Gasteiger partial charge on any atom is 0.131 e. The number of fused-ring (bicyclic) bond motifs is 4. The van der Waals surface area contributed by atoms with Gasteiger partial charge in [-0.05, 0) is 66.8 Å². The molecular weight excluding hydrogens is 298 g/mol. The third kappa shape index (κ3) is 1.88. The van der Waals surface area contributed by atoms with E-state index < -0.39 is 0 Å². The molecule has 0 amide bonds. The first-order valence-corrected chi connectivity index (χ1v) is 8.88. The van der Waals surface area contributed by atoms with Gasteiger partial charge >= 0.3 is 0 Å². The van der Waals surface area contributed by atoms with E-state index in [2.05, 4.69) is 43.1 Å². The predicted molar refractivity (Wildman–Crippen MR) is 95.0 cm³/mol. The molecule has 0 fully saturated rings. The molecule has 2 aromatic carbocycles. The van der Waals surface area contributed by atoms with Gasteiger partial charge in [0.2, 0.25) is 0 Å². The summed E-state index contributed by atoms with van der Waals surface area (Å²) < 4.78 is 11.8. The maximum atomic E-state index is 6.23. The average molecular weight is 321 g/mol. The average Bonchev–Trinajstić information content (AvgIpc) is 2.97. The summed E-state index contributed by atoms with van der Waals surface area (Å²) in [4.78, 5) is 2.50. The lowest BCUT2D eigenvalue weighted by Crippen LogP contribution is -2.35. The molecule has 3 heteroatoms. The fraction of sp³-hybridized carbons (Fsp3) is 0.429. The molecule has 2 heterocycles. The second kappa shape index (κ2) is 5.00. The van der Waals surface area contributed by atoms with E-state index in [4.69, 9.17) is 9.47 Å². The van der Waals surface area contributed by atoms with E-state index in [9.17, 15) is 0 Å². The van der Waals surface area contributed by atoms with E-state index in [-0.39, 0.29) is 6.10 Å². The predicted octanol–water partition coefficient (Wildman–Crippen LogP) is 3.77. The second-order valence-corrected chi connectivity index (χ2v) is 7.42. The number of rotatable bonds is 1. The lowest BCUT2D eigenvalue weighted by Gasteiger charge is -2.40. The van der Waals surface area contributed by atoms with Gasteiger partial charge in [0.05, 0.1) is 7.11 Å². The van der Waals surface area contributed by atoms with Gasteiger partial charge in [-0.3, -0.25) is 4.90 Å². The summed E-state index contributed by atoms with van der Waals surface area (Å²) in [5.74, 6) is 2.07. The van der Waals surface area contributed by atoms with Crippen LogP contribution in [-0.2, 0) is 19.3 Å². The van der Waals surface area contributed by atoms with Gasteiger partial charge in [-0.2, -0.15) is 0 Å². The van der Waals surface area contributed by atoms with Crippen molar-refractivity contribution in [2.75, 3.05) is 20.7 Å². The standard InChI is InChI=1S/C21H23NO2/c1-12-8-15-5-4-13-10-18-19-14(6-7-22(18)2)9-16(23-3)11-17(19)20(13)21(15)24-12/h4-5,9,11-12,18H,6-8,10H2,1-3H3/t12?,18-/m1/s1. The summed E-state index contributed by atoms with van der Waals surface area (Å²) in [6.07, 6.45) is 3.45. The molecule has 2 aliphatic heterocycles. The number of benzene rings is 2. The van der Waals surface area contributed by atoms with Crippen LogP contribution in [0, 0.1) is 0 Å². The molecule has 2 aromatic rings. The second-order valence-electron chi connectivity index (χ2n) is 7.42. The van der Waals surface area contributed by atoms with Crippen molar-refractivity contribution in [2.45, 2.75) is 38.3 Å². The molecule has 24 heavy (non-hydrogen) atoms. The Labute approximate surface area is 143 Å². The highest BCUT2D eigenvalue weighted by molar-refractivity contribution is 5.83. The summed E-state index contributed by atoms with van der Waals surface area (Å²) in [5.41, 5.74) is 8.34. The summed E-state index contributed by atoms with van der Waals surface area (Å²) in [5, 5.41) is 0. The quantitative estimate of drug-likeness (QED) is 0.798. The van der Waals surface area contributed by atoms with E-state index in [1.165, 1.54) is 33.4 Å². The highest BCUT2D eigenvalue weighted by atomic mass is 16.5. The van der Waals surface area contributed by atoms with Crippen LogP contribution in [0.5, 0.6) is 11.5 Å². The molecule has 0 saturated heterocycles. The van der Waals surface area contributed by atoms with Crippen molar-refractivity contribution in [1.82, 2.24) is 4.90 Å². The molecule has 3 aliphatic rings. The van der Waals surface area contributed by atoms with Crippen LogP contribution in [0.2, 0.25) is 0 Å². The van der Waals surface area contributed by atoms with E-state index in [0.29, 0.717) is 6.04 Å². The van der Waals surface area contributed by atoms with Crippen molar-refractivity contribution in [1.29, 1.82) is 0 Å².